The van der Waals surface area contributed by atoms with Crippen molar-refractivity contribution in [2.75, 3.05) is 18.1 Å². The smallest absolute Gasteiger partial charge is 0.241 e. The molecule has 0 saturated carbocycles. The summed E-state index contributed by atoms with van der Waals surface area (Å²) in [5, 5.41) is 5.73. The first-order valence-corrected chi connectivity index (χ1v) is 5.30. The Hall–Kier alpha value is -1.75. The third-order valence-electron chi connectivity index (χ3n) is 2.63. The van der Waals surface area contributed by atoms with Crippen LogP contribution in [0.25, 0.3) is 0 Å². The first-order valence-electron chi connectivity index (χ1n) is 5.30. The van der Waals surface area contributed by atoms with Crippen LogP contribution < -0.4 is 5.01 Å². The van der Waals surface area contributed by atoms with E-state index in [1.54, 1.807) is 12.1 Å². The van der Waals surface area contributed by atoms with Crippen LogP contribution in [0.1, 0.15) is 12.8 Å². The largest absolute Gasteiger partial charge is 0.400 e. The zero-order valence-corrected chi connectivity index (χ0v) is 8.87. The minimum Gasteiger partial charge on any atom is -0.241 e. The summed E-state index contributed by atoms with van der Waals surface area (Å²) in [6.45, 7) is 1.58. The van der Waals surface area contributed by atoms with Gasteiger partial charge >= 0.3 is 6.03 Å². The highest BCUT2D eigenvalue weighted by atomic mass is 16.3. The van der Waals surface area contributed by atoms with Gasteiger partial charge in [-0.15, -0.1) is 4.91 Å². The lowest BCUT2D eigenvalue weighted by molar-refractivity contribution is 0.231. The van der Waals surface area contributed by atoms with E-state index in [1.165, 1.54) is 5.01 Å². The molecule has 0 N–H and O–H groups in total. The summed E-state index contributed by atoms with van der Waals surface area (Å²) in [4.78, 5) is 21.9. The number of hydrazine groups is 1. The van der Waals surface area contributed by atoms with Crippen LogP contribution in [0.3, 0.4) is 0 Å². The minimum atomic E-state index is -0.756. The number of anilines is 1. The Morgan fingerprint density at radius 1 is 1.19 bits per heavy atom. The van der Waals surface area contributed by atoms with Crippen LogP contribution in [0.15, 0.2) is 35.5 Å². The number of hydrogen-bond acceptors (Lipinski definition) is 3. The topological polar surface area (TPSA) is 53.0 Å². The fraction of sp³-hybridized carbons (Fsp3) is 0.364. The van der Waals surface area contributed by atoms with E-state index in [-0.39, 0.29) is 0 Å². The summed E-state index contributed by atoms with van der Waals surface area (Å²) < 4.78 is 0. The van der Waals surface area contributed by atoms with Crippen LogP contribution in [0.2, 0.25) is 0 Å². The molecular weight excluding hydrogens is 206 g/mol. The van der Waals surface area contributed by atoms with Gasteiger partial charge in [-0.1, -0.05) is 18.2 Å². The van der Waals surface area contributed by atoms with Crippen LogP contribution in [0, 0.1) is 4.91 Å². The lowest BCUT2D eigenvalue weighted by Gasteiger charge is -2.28. The molecule has 1 fully saturated rings. The lowest BCUT2D eigenvalue weighted by Crippen LogP contribution is -2.43. The molecule has 1 aliphatic rings. The van der Waals surface area contributed by atoms with Gasteiger partial charge < -0.3 is 0 Å². The third-order valence-corrected chi connectivity index (χ3v) is 2.63. The molecule has 2 rings (SSSR count). The Labute approximate surface area is 93.6 Å². The fourth-order valence-electron chi connectivity index (χ4n) is 1.90. The molecular formula is C11H13N3O2. The number of urea groups is 1. The van der Waals surface area contributed by atoms with Gasteiger partial charge in [0.05, 0.1) is 5.69 Å². The molecule has 0 unspecified atom stereocenters. The molecule has 5 nitrogen and oxygen atoms in total. The van der Waals surface area contributed by atoms with Crippen LogP contribution >= 0.6 is 0 Å². The predicted octanol–water partition coefficient (Wildman–Crippen LogP) is 2.39. The maximum Gasteiger partial charge on any atom is 0.400 e. The number of nitroso groups, excluding NO2 is 1. The normalized spacial score (nSPS) is 16.0. The second kappa shape index (κ2) is 4.85. The van der Waals surface area contributed by atoms with Crippen molar-refractivity contribution < 1.29 is 4.79 Å². The quantitative estimate of drug-likeness (QED) is 0.717. The summed E-state index contributed by atoms with van der Waals surface area (Å²) in [6.07, 6.45) is 2.07. The van der Waals surface area contributed by atoms with Crippen LogP contribution in [-0.2, 0) is 0 Å². The molecule has 84 valence electrons. The average molecular weight is 219 g/mol. The standard InChI is InChI=1S/C11H13N3O2/c15-11(12-16)14(13-8-4-5-9-13)10-6-2-1-3-7-10/h1-3,6-7H,4-5,8-9H2. The number of nitrogens with zero attached hydrogens (tertiary/aromatic N) is 3. The second-order valence-electron chi connectivity index (χ2n) is 3.68. The Morgan fingerprint density at radius 3 is 2.38 bits per heavy atom. The molecule has 0 spiro atoms. The zero-order valence-electron chi connectivity index (χ0n) is 8.87. The Bertz CT molecular complexity index is 374. The van der Waals surface area contributed by atoms with Crippen molar-refractivity contribution in [2.45, 2.75) is 12.8 Å². The maximum atomic E-state index is 11.5. The van der Waals surface area contributed by atoms with Crippen molar-refractivity contribution in [1.29, 1.82) is 0 Å². The number of para-hydroxylation sites is 1. The summed E-state index contributed by atoms with van der Waals surface area (Å²) in [5.41, 5.74) is 0.689. The van der Waals surface area contributed by atoms with Crippen LogP contribution in [-0.4, -0.2) is 24.1 Å². The van der Waals surface area contributed by atoms with E-state index in [9.17, 15) is 9.70 Å². The van der Waals surface area contributed by atoms with E-state index in [0.717, 1.165) is 25.9 Å². The predicted molar refractivity (Wildman–Crippen MR) is 60.9 cm³/mol. The highest BCUT2D eigenvalue weighted by Gasteiger charge is 2.26. The molecule has 1 aliphatic heterocycles. The van der Waals surface area contributed by atoms with Crippen molar-refractivity contribution in [3.63, 3.8) is 0 Å². The third kappa shape index (κ3) is 2.09. The van der Waals surface area contributed by atoms with Gasteiger partial charge in [-0.3, -0.25) is 0 Å². The molecule has 1 saturated heterocycles. The molecule has 1 aromatic rings. The van der Waals surface area contributed by atoms with E-state index >= 15 is 0 Å². The van der Waals surface area contributed by atoms with Gasteiger partial charge in [0.15, 0.2) is 0 Å². The van der Waals surface area contributed by atoms with E-state index in [1.807, 2.05) is 23.2 Å². The SMILES string of the molecule is O=NC(=O)N(c1ccccc1)N1CCCC1. The Kier molecular flexibility index (Phi) is 3.26. The van der Waals surface area contributed by atoms with E-state index < -0.39 is 6.03 Å². The minimum absolute atomic E-state index is 0.689. The van der Waals surface area contributed by atoms with Gasteiger partial charge in [-0.25, -0.2) is 14.8 Å². The first kappa shape index (κ1) is 10.8. The zero-order chi connectivity index (χ0) is 11.4. The lowest BCUT2D eigenvalue weighted by atomic mass is 10.3. The monoisotopic (exact) mass is 219 g/mol. The Balaban J connectivity index is 2.27. The number of hydrogen-bond donors (Lipinski definition) is 0. The van der Waals surface area contributed by atoms with Crippen molar-refractivity contribution in [3.8, 4) is 0 Å². The first-order chi connectivity index (χ1) is 7.83. The second-order valence-corrected chi connectivity index (χ2v) is 3.68. The van der Waals surface area contributed by atoms with Gasteiger partial charge in [0, 0.05) is 18.3 Å². The average Bonchev–Trinajstić information content (AvgIpc) is 2.84. The molecule has 0 aliphatic carbocycles. The molecule has 0 atom stereocenters. The van der Waals surface area contributed by atoms with Gasteiger partial charge in [0.2, 0.25) is 0 Å². The van der Waals surface area contributed by atoms with Crippen LogP contribution in [0.5, 0.6) is 0 Å². The van der Waals surface area contributed by atoms with Gasteiger partial charge in [-0.2, -0.15) is 0 Å². The molecule has 1 heterocycles. The molecule has 1 aromatic carbocycles. The molecule has 0 aromatic heterocycles. The summed E-state index contributed by atoms with van der Waals surface area (Å²) in [7, 11) is 0. The number of carbonyl (C=O) groups excluding carboxylic acids is 1. The number of rotatable bonds is 2. The molecule has 2 amide bonds. The van der Waals surface area contributed by atoms with E-state index in [0.29, 0.717) is 5.69 Å². The molecule has 5 heteroatoms. The molecule has 16 heavy (non-hydrogen) atoms. The van der Waals surface area contributed by atoms with Crippen molar-refractivity contribution in [3.05, 3.63) is 35.2 Å². The highest BCUT2D eigenvalue weighted by molar-refractivity contribution is 5.91. The van der Waals surface area contributed by atoms with Crippen molar-refractivity contribution in [1.82, 2.24) is 5.01 Å². The highest BCUT2D eigenvalue weighted by Crippen LogP contribution is 2.21. The van der Waals surface area contributed by atoms with E-state index in [2.05, 4.69) is 5.18 Å². The fourth-order valence-corrected chi connectivity index (χ4v) is 1.90. The summed E-state index contributed by atoms with van der Waals surface area (Å²) in [6, 6.07) is 8.35. The number of benzene rings is 1. The Morgan fingerprint density at radius 2 is 1.81 bits per heavy atom. The summed E-state index contributed by atoms with van der Waals surface area (Å²) in [5.74, 6) is 0. The summed E-state index contributed by atoms with van der Waals surface area (Å²) >= 11 is 0. The number of carbonyl (C=O) groups is 1. The maximum absolute atomic E-state index is 11.5. The van der Waals surface area contributed by atoms with Crippen molar-refractivity contribution >= 4 is 11.7 Å². The molecule has 0 bridgehead atoms. The molecule has 0 radical (unpaired) electrons. The van der Waals surface area contributed by atoms with E-state index in [4.69, 9.17) is 0 Å². The number of amides is 2. The van der Waals surface area contributed by atoms with Gasteiger partial charge in [0.1, 0.15) is 0 Å². The van der Waals surface area contributed by atoms with Gasteiger partial charge in [0.25, 0.3) is 0 Å². The van der Waals surface area contributed by atoms with Crippen molar-refractivity contribution in [2.24, 2.45) is 5.18 Å². The van der Waals surface area contributed by atoms with Crippen LogP contribution in [0.4, 0.5) is 10.5 Å². The van der Waals surface area contributed by atoms with Gasteiger partial charge in [-0.05, 0) is 25.0 Å².